The number of para-hydroxylation sites is 1. The third-order valence-electron chi connectivity index (χ3n) is 3.88. The lowest BCUT2D eigenvalue weighted by molar-refractivity contribution is -0.143. The Labute approximate surface area is 144 Å². The van der Waals surface area contributed by atoms with E-state index in [2.05, 4.69) is 54.8 Å². The van der Waals surface area contributed by atoms with Crippen molar-refractivity contribution in [1.29, 1.82) is 0 Å². The van der Waals surface area contributed by atoms with Crippen LogP contribution in [-0.2, 0) is 9.53 Å². The fourth-order valence-corrected chi connectivity index (χ4v) is 2.40. The van der Waals surface area contributed by atoms with Crippen molar-refractivity contribution >= 4 is 17.3 Å². The van der Waals surface area contributed by atoms with Crippen LogP contribution in [0.25, 0.3) is 0 Å². The minimum Gasteiger partial charge on any atom is -0.457 e. The third-order valence-corrected chi connectivity index (χ3v) is 3.88. The van der Waals surface area contributed by atoms with Gasteiger partial charge in [-0.1, -0.05) is 49.4 Å². The zero-order valence-corrected chi connectivity index (χ0v) is 14.7. The first-order valence-corrected chi connectivity index (χ1v) is 8.27. The second-order valence-corrected chi connectivity index (χ2v) is 6.00. The normalized spacial score (nSPS) is 11.6. The Bertz CT molecular complexity index is 677. The van der Waals surface area contributed by atoms with Gasteiger partial charge in [0, 0.05) is 16.9 Å². The molecule has 0 amide bonds. The minimum atomic E-state index is -0.334. The number of carbonyl (C=O) groups excluding carboxylic acids is 1. The van der Waals surface area contributed by atoms with Gasteiger partial charge in [0.1, 0.15) is 6.10 Å². The van der Waals surface area contributed by atoms with Gasteiger partial charge in [-0.25, -0.2) is 4.79 Å². The lowest BCUT2D eigenvalue weighted by Gasteiger charge is -2.29. The van der Waals surface area contributed by atoms with Gasteiger partial charge in [-0.15, -0.1) is 0 Å². The molecule has 0 aliphatic rings. The van der Waals surface area contributed by atoms with Crippen molar-refractivity contribution in [1.82, 2.24) is 0 Å². The standard InChI is InChI=1S/C21H25NO2/c1-5-20(24-21(23)16(2)3)15-22(18-9-7-6-8-10-18)19-13-11-17(4)12-14-19/h6-14,20H,2,5,15H2,1,3-4H3. The van der Waals surface area contributed by atoms with E-state index in [1.54, 1.807) is 6.92 Å². The molecule has 3 nitrogen and oxygen atoms in total. The van der Waals surface area contributed by atoms with Crippen LogP contribution in [0.1, 0.15) is 25.8 Å². The van der Waals surface area contributed by atoms with Gasteiger partial charge >= 0.3 is 5.97 Å². The third kappa shape index (κ3) is 4.72. The van der Waals surface area contributed by atoms with Gasteiger partial charge in [-0.05, 0) is 44.5 Å². The Morgan fingerprint density at radius 2 is 1.67 bits per heavy atom. The van der Waals surface area contributed by atoms with Gasteiger partial charge in [0.25, 0.3) is 0 Å². The molecule has 0 spiro atoms. The van der Waals surface area contributed by atoms with E-state index in [4.69, 9.17) is 4.74 Å². The Hall–Kier alpha value is -2.55. The van der Waals surface area contributed by atoms with E-state index in [1.807, 2.05) is 25.1 Å². The van der Waals surface area contributed by atoms with E-state index in [-0.39, 0.29) is 12.1 Å². The zero-order chi connectivity index (χ0) is 17.5. The maximum atomic E-state index is 11.9. The average molecular weight is 323 g/mol. The Balaban J connectivity index is 2.27. The molecule has 2 rings (SSSR count). The van der Waals surface area contributed by atoms with Crippen molar-refractivity contribution in [2.24, 2.45) is 0 Å². The summed E-state index contributed by atoms with van der Waals surface area (Å²) in [5, 5.41) is 0. The van der Waals surface area contributed by atoms with Gasteiger partial charge in [-0.2, -0.15) is 0 Å². The highest BCUT2D eigenvalue weighted by atomic mass is 16.5. The molecule has 0 N–H and O–H groups in total. The van der Waals surface area contributed by atoms with Crippen molar-refractivity contribution in [3.05, 3.63) is 72.3 Å². The summed E-state index contributed by atoms with van der Waals surface area (Å²) in [7, 11) is 0. The maximum Gasteiger partial charge on any atom is 0.333 e. The monoisotopic (exact) mass is 323 g/mol. The van der Waals surface area contributed by atoms with E-state index in [9.17, 15) is 4.79 Å². The van der Waals surface area contributed by atoms with Crippen molar-refractivity contribution in [3.63, 3.8) is 0 Å². The first-order valence-electron chi connectivity index (χ1n) is 8.27. The summed E-state index contributed by atoms with van der Waals surface area (Å²) in [4.78, 5) is 14.1. The number of esters is 1. The first kappa shape index (κ1) is 17.8. The molecule has 24 heavy (non-hydrogen) atoms. The van der Waals surface area contributed by atoms with Crippen LogP contribution in [0.3, 0.4) is 0 Å². The summed E-state index contributed by atoms with van der Waals surface area (Å²) in [6.07, 6.45) is 0.546. The molecule has 0 heterocycles. The molecule has 1 atom stereocenters. The molecule has 0 saturated heterocycles. The van der Waals surface area contributed by atoms with E-state index in [1.165, 1.54) is 5.56 Å². The molecule has 2 aromatic rings. The molecule has 0 aromatic heterocycles. The number of hydrogen-bond donors (Lipinski definition) is 0. The molecular weight excluding hydrogens is 298 g/mol. The minimum absolute atomic E-state index is 0.198. The maximum absolute atomic E-state index is 11.9. The van der Waals surface area contributed by atoms with Crippen LogP contribution in [0.4, 0.5) is 11.4 Å². The number of aryl methyl sites for hydroxylation is 1. The first-order chi connectivity index (χ1) is 11.5. The number of benzene rings is 2. The van der Waals surface area contributed by atoms with Crippen LogP contribution in [0, 0.1) is 6.92 Å². The van der Waals surface area contributed by atoms with Gasteiger partial charge < -0.3 is 9.64 Å². The van der Waals surface area contributed by atoms with Crippen molar-refractivity contribution in [2.45, 2.75) is 33.3 Å². The summed E-state index contributed by atoms with van der Waals surface area (Å²) in [6.45, 7) is 10.0. The molecular formula is C21H25NO2. The average Bonchev–Trinajstić information content (AvgIpc) is 2.60. The highest BCUT2D eigenvalue weighted by Crippen LogP contribution is 2.26. The Kier molecular flexibility index (Phi) is 6.19. The van der Waals surface area contributed by atoms with Gasteiger partial charge in [0.2, 0.25) is 0 Å². The van der Waals surface area contributed by atoms with E-state index < -0.39 is 0 Å². The van der Waals surface area contributed by atoms with Crippen LogP contribution in [0.15, 0.2) is 66.7 Å². The fraction of sp³-hybridized carbons (Fsp3) is 0.286. The highest BCUT2D eigenvalue weighted by molar-refractivity contribution is 5.87. The quantitative estimate of drug-likeness (QED) is 0.528. The summed E-state index contributed by atoms with van der Waals surface area (Å²) in [6, 6.07) is 18.5. The van der Waals surface area contributed by atoms with Crippen LogP contribution in [0.2, 0.25) is 0 Å². The number of rotatable bonds is 7. The highest BCUT2D eigenvalue weighted by Gasteiger charge is 2.19. The van der Waals surface area contributed by atoms with Crippen LogP contribution in [0.5, 0.6) is 0 Å². The van der Waals surface area contributed by atoms with E-state index >= 15 is 0 Å². The summed E-state index contributed by atoms with van der Waals surface area (Å²) in [5.74, 6) is -0.334. The molecule has 3 heteroatoms. The van der Waals surface area contributed by atoms with Crippen molar-refractivity contribution in [2.75, 3.05) is 11.4 Å². The molecule has 126 valence electrons. The molecule has 1 unspecified atom stereocenters. The second-order valence-electron chi connectivity index (χ2n) is 6.00. The Morgan fingerprint density at radius 1 is 1.08 bits per heavy atom. The smallest absolute Gasteiger partial charge is 0.333 e. The van der Waals surface area contributed by atoms with Gasteiger partial charge in [0.05, 0.1) is 6.54 Å². The van der Waals surface area contributed by atoms with Crippen molar-refractivity contribution in [3.8, 4) is 0 Å². The molecule has 0 saturated carbocycles. The number of nitrogens with zero attached hydrogens (tertiary/aromatic N) is 1. The van der Waals surface area contributed by atoms with Crippen LogP contribution in [-0.4, -0.2) is 18.6 Å². The predicted octanol–water partition coefficient (Wildman–Crippen LogP) is 5.03. The lowest BCUT2D eigenvalue weighted by Crippen LogP contribution is -2.32. The van der Waals surface area contributed by atoms with E-state index in [0.29, 0.717) is 12.1 Å². The molecule has 2 aromatic carbocycles. The molecule has 0 radical (unpaired) electrons. The van der Waals surface area contributed by atoms with Gasteiger partial charge in [0.15, 0.2) is 0 Å². The molecule has 0 bridgehead atoms. The van der Waals surface area contributed by atoms with Crippen LogP contribution >= 0.6 is 0 Å². The van der Waals surface area contributed by atoms with Crippen LogP contribution < -0.4 is 4.90 Å². The van der Waals surface area contributed by atoms with Gasteiger partial charge in [-0.3, -0.25) is 0 Å². The van der Waals surface area contributed by atoms with Crippen molar-refractivity contribution < 1.29 is 9.53 Å². The number of hydrogen-bond acceptors (Lipinski definition) is 3. The summed E-state index contributed by atoms with van der Waals surface area (Å²) < 4.78 is 5.58. The number of ether oxygens (including phenoxy) is 1. The molecule has 0 aliphatic carbocycles. The molecule has 0 fully saturated rings. The number of anilines is 2. The molecule has 0 aliphatic heterocycles. The largest absolute Gasteiger partial charge is 0.457 e. The SMILES string of the molecule is C=C(C)C(=O)OC(CC)CN(c1ccccc1)c1ccc(C)cc1. The summed E-state index contributed by atoms with van der Waals surface area (Å²) >= 11 is 0. The second kappa shape index (κ2) is 8.34. The lowest BCUT2D eigenvalue weighted by atomic mass is 10.1. The van der Waals surface area contributed by atoms with E-state index in [0.717, 1.165) is 17.8 Å². The predicted molar refractivity (Wildman–Crippen MR) is 99.6 cm³/mol. The topological polar surface area (TPSA) is 29.5 Å². The fourth-order valence-electron chi connectivity index (χ4n) is 2.40. The summed E-state index contributed by atoms with van der Waals surface area (Å²) in [5.41, 5.74) is 3.80. The Morgan fingerprint density at radius 3 is 2.21 bits per heavy atom. The zero-order valence-electron chi connectivity index (χ0n) is 14.7. The number of carbonyl (C=O) groups is 1.